The number of hydrogen-bond donors (Lipinski definition) is 1. The van der Waals surface area contributed by atoms with Gasteiger partial charge in [0.15, 0.2) is 5.13 Å². The normalized spacial score (nSPS) is 16.8. The Hall–Kier alpha value is -1.75. The number of thiazole rings is 1. The third-order valence-electron chi connectivity index (χ3n) is 3.16. The van der Waals surface area contributed by atoms with Gasteiger partial charge in [-0.25, -0.2) is 4.98 Å². The number of methoxy groups -OCH3 is 1. The second-order valence-corrected chi connectivity index (χ2v) is 5.49. The van der Waals surface area contributed by atoms with Crippen molar-refractivity contribution in [2.75, 3.05) is 12.4 Å². The summed E-state index contributed by atoms with van der Waals surface area (Å²) in [6, 6.07) is 4.15. The molecule has 0 bridgehead atoms. The lowest BCUT2D eigenvalue weighted by Gasteiger charge is -2.11. The fraction of sp³-hybridized carbons (Fsp3) is 0.357. The molecule has 1 aliphatic heterocycles. The summed E-state index contributed by atoms with van der Waals surface area (Å²) in [7, 11) is 1.70. The molecule has 5 heteroatoms. The summed E-state index contributed by atoms with van der Waals surface area (Å²) in [6.45, 7) is 2.77. The number of benzene rings is 1. The van der Waals surface area contributed by atoms with E-state index in [1.807, 2.05) is 5.38 Å². The van der Waals surface area contributed by atoms with Gasteiger partial charge >= 0.3 is 0 Å². The Labute approximate surface area is 116 Å². The maximum Gasteiger partial charge on any atom is 0.182 e. The highest BCUT2D eigenvalue weighted by Gasteiger charge is 2.21. The highest BCUT2D eigenvalue weighted by molar-refractivity contribution is 7.13. The van der Waals surface area contributed by atoms with Crippen LogP contribution in [0.4, 0.5) is 5.13 Å². The first kappa shape index (κ1) is 12.3. The molecule has 2 heterocycles. The number of rotatable bonds is 4. The molecule has 0 spiro atoms. The first-order chi connectivity index (χ1) is 9.26. The van der Waals surface area contributed by atoms with E-state index in [0.717, 1.165) is 28.6 Å². The minimum absolute atomic E-state index is 0.252. The first-order valence-corrected chi connectivity index (χ1v) is 7.14. The highest BCUT2D eigenvalue weighted by Crippen LogP contribution is 2.35. The number of anilines is 1. The summed E-state index contributed by atoms with van der Waals surface area (Å²) in [5, 5.41) is 6.16. The molecule has 1 aromatic heterocycles. The van der Waals surface area contributed by atoms with Crippen LogP contribution >= 0.6 is 11.3 Å². The van der Waals surface area contributed by atoms with E-state index in [0.29, 0.717) is 6.54 Å². The molecule has 100 valence electrons. The van der Waals surface area contributed by atoms with Crippen molar-refractivity contribution >= 4 is 16.5 Å². The van der Waals surface area contributed by atoms with Gasteiger partial charge in [0.05, 0.1) is 7.11 Å². The molecule has 2 aromatic rings. The minimum atomic E-state index is 0.252. The standard InChI is InChI=1S/C14H16N2O2S/c1-9-5-10-6-12(17-2)11(7-13(10)18-9)8-16-14-15-3-4-19-14/h3-4,6-7,9H,5,8H2,1-2H3,(H,15,16). The number of nitrogens with zero attached hydrogens (tertiary/aromatic N) is 1. The van der Waals surface area contributed by atoms with Crippen molar-refractivity contribution in [1.29, 1.82) is 0 Å². The molecule has 0 radical (unpaired) electrons. The third kappa shape index (κ3) is 2.51. The average molecular weight is 276 g/mol. The van der Waals surface area contributed by atoms with Crippen LogP contribution in [0.1, 0.15) is 18.1 Å². The molecule has 0 saturated carbocycles. The van der Waals surface area contributed by atoms with Crippen LogP contribution in [-0.2, 0) is 13.0 Å². The van der Waals surface area contributed by atoms with E-state index < -0.39 is 0 Å². The average Bonchev–Trinajstić information content (AvgIpc) is 3.02. The van der Waals surface area contributed by atoms with Crippen molar-refractivity contribution in [1.82, 2.24) is 4.98 Å². The molecular weight excluding hydrogens is 260 g/mol. The van der Waals surface area contributed by atoms with Crippen LogP contribution in [0.5, 0.6) is 11.5 Å². The van der Waals surface area contributed by atoms with Crippen molar-refractivity contribution in [3.05, 3.63) is 34.8 Å². The Bertz CT molecular complexity index is 569. The van der Waals surface area contributed by atoms with Gasteiger partial charge in [-0.1, -0.05) is 0 Å². The summed E-state index contributed by atoms with van der Waals surface area (Å²) < 4.78 is 11.3. The van der Waals surface area contributed by atoms with Crippen molar-refractivity contribution < 1.29 is 9.47 Å². The zero-order chi connectivity index (χ0) is 13.2. The second kappa shape index (κ2) is 5.09. The molecule has 19 heavy (non-hydrogen) atoms. The van der Waals surface area contributed by atoms with E-state index in [1.165, 1.54) is 5.56 Å². The molecule has 1 unspecified atom stereocenters. The summed E-state index contributed by atoms with van der Waals surface area (Å²) in [4.78, 5) is 4.21. The monoisotopic (exact) mass is 276 g/mol. The Morgan fingerprint density at radius 2 is 2.42 bits per heavy atom. The van der Waals surface area contributed by atoms with E-state index in [4.69, 9.17) is 9.47 Å². The Morgan fingerprint density at radius 3 is 3.16 bits per heavy atom. The number of fused-ring (bicyclic) bond motifs is 1. The molecule has 1 atom stereocenters. The number of aromatic nitrogens is 1. The van der Waals surface area contributed by atoms with Crippen LogP contribution in [0.15, 0.2) is 23.7 Å². The number of nitrogens with one attached hydrogen (secondary N) is 1. The van der Waals surface area contributed by atoms with Crippen molar-refractivity contribution in [2.45, 2.75) is 26.0 Å². The van der Waals surface area contributed by atoms with Crippen molar-refractivity contribution in [2.24, 2.45) is 0 Å². The maximum absolute atomic E-state index is 5.79. The Kier molecular flexibility index (Phi) is 3.29. The molecule has 0 amide bonds. The zero-order valence-electron chi connectivity index (χ0n) is 11.0. The Morgan fingerprint density at radius 1 is 1.53 bits per heavy atom. The second-order valence-electron chi connectivity index (χ2n) is 4.60. The van der Waals surface area contributed by atoms with E-state index >= 15 is 0 Å². The number of hydrogen-bond acceptors (Lipinski definition) is 5. The van der Waals surface area contributed by atoms with Gasteiger partial charge in [-0.2, -0.15) is 0 Å². The van der Waals surface area contributed by atoms with Gasteiger partial charge in [0.25, 0.3) is 0 Å². The smallest absolute Gasteiger partial charge is 0.182 e. The first-order valence-electron chi connectivity index (χ1n) is 6.26. The maximum atomic E-state index is 5.79. The van der Waals surface area contributed by atoms with Gasteiger partial charge in [-0.3, -0.25) is 0 Å². The van der Waals surface area contributed by atoms with E-state index in [9.17, 15) is 0 Å². The van der Waals surface area contributed by atoms with E-state index in [1.54, 1.807) is 24.6 Å². The predicted octanol–water partition coefficient (Wildman–Crippen LogP) is 3.09. The van der Waals surface area contributed by atoms with Crippen LogP contribution in [0.2, 0.25) is 0 Å². The van der Waals surface area contributed by atoms with Crippen LogP contribution in [-0.4, -0.2) is 18.2 Å². The molecule has 0 fully saturated rings. The predicted molar refractivity (Wildman–Crippen MR) is 76.2 cm³/mol. The van der Waals surface area contributed by atoms with Crippen LogP contribution in [0.25, 0.3) is 0 Å². The lowest BCUT2D eigenvalue weighted by atomic mass is 10.1. The molecule has 1 aliphatic rings. The quantitative estimate of drug-likeness (QED) is 0.932. The third-order valence-corrected chi connectivity index (χ3v) is 3.89. The van der Waals surface area contributed by atoms with Crippen molar-refractivity contribution in [3.8, 4) is 11.5 Å². The van der Waals surface area contributed by atoms with Gasteiger partial charge in [0.1, 0.15) is 17.6 Å². The SMILES string of the molecule is COc1cc2c(cc1CNc1nccs1)OC(C)C2. The topological polar surface area (TPSA) is 43.4 Å². The highest BCUT2D eigenvalue weighted by atomic mass is 32.1. The van der Waals surface area contributed by atoms with Crippen LogP contribution in [0, 0.1) is 0 Å². The lowest BCUT2D eigenvalue weighted by molar-refractivity contribution is 0.254. The zero-order valence-corrected chi connectivity index (χ0v) is 11.8. The molecule has 1 aromatic carbocycles. The van der Waals surface area contributed by atoms with Gasteiger partial charge < -0.3 is 14.8 Å². The molecule has 0 saturated heterocycles. The summed E-state index contributed by atoms with van der Waals surface area (Å²) in [6.07, 6.45) is 2.99. The van der Waals surface area contributed by atoms with E-state index in [-0.39, 0.29) is 6.10 Å². The van der Waals surface area contributed by atoms with Gasteiger partial charge in [-0.05, 0) is 19.1 Å². The van der Waals surface area contributed by atoms with E-state index in [2.05, 4.69) is 29.4 Å². The molecule has 4 nitrogen and oxygen atoms in total. The van der Waals surface area contributed by atoms with Gasteiger partial charge in [0, 0.05) is 35.7 Å². The Balaban J connectivity index is 1.82. The van der Waals surface area contributed by atoms with Gasteiger partial charge in [0.2, 0.25) is 0 Å². The molecule has 3 rings (SSSR count). The molecule has 1 N–H and O–H groups in total. The fourth-order valence-corrected chi connectivity index (χ4v) is 2.82. The summed E-state index contributed by atoms with van der Waals surface area (Å²) >= 11 is 1.59. The lowest BCUT2D eigenvalue weighted by Crippen LogP contribution is -2.05. The molecule has 0 aliphatic carbocycles. The van der Waals surface area contributed by atoms with Crippen LogP contribution < -0.4 is 14.8 Å². The molecular formula is C14H16N2O2S. The number of ether oxygens (including phenoxy) is 2. The summed E-state index contributed by atoms with van der Waals surface area (Å²) in [5.74, 6) is 1.88. The minimum Gasteiger partial charge on any atom is -0.496 e. The summed E-state index contributed by atoms with van der Waals surface area (Å²) in [5.41, 5.74) is 2.31. The van der Waals surface area contributed by atoms with Crippen molar-refractivity contribution in [3.63, 3.8) is 0 Å². The van der Waals surface area contributed by atoms with Crippen LogP contribution in [0.3, 0.4) is 0 Å². The fourth-order valence-electron chi connectivity index (χ4n) is 2.29. The largest absolute Gasteiger partial charge is 0.496 e. The van der Waals surface area contributed by atoms with Gasteiger partial charge in [-0.15, -0.1) is 11.3 Å².